The Morgan fingerprint density at radius 2 is 2.09 bits per heavy atom. The number of aryl methyl sites for hydroxylation is 1. The Morgan fingerprint density at radius 3 is 2.86 bits per heavy atom. The number of anilines is 2. The molecule has 22 heavy (non-hydrogen) atoms. The van der Waals surface area contributed by atoms with E-state index in [9.17, 15) is 5.11 Å². The van der Waals surface area contributed by atoms with Crippen LogP contribution in [0.5, 0.6) is 11.8 Å². The third kappa shape index (κ3) is 2.80. The van der Waals surface area contributed by atoms with E-state index in [-0.39, 0.29) is 5.88 Å². The van der Waals surface area contributed by atoms with E-state index in [1.54, 1.807) is 13.2 Å². The van der Waals surface area contributed by atoms with Crippen molar-refractivity contribution in [1.82, 2.24) is 25.1 Å². The lowest BCUT2D eigenvalue weighted by Gasteiger charge is -2.05. The van der Waals surface area contributed by atoms with Crippen molar-refractivity contribution in [2.45, 2.75) is 6.92 Å². The highest BCUT2D eigenvalue weighted by molar-refractivity contribution is 5.69. The molecule has 3 rings (SSSR count). The maximum Gasteiger partial charge on any atom is 0.231 e. The fraction of sp³-hybridized carbons (Fsp3) is 0.143. The summed E-state index contributed by atoms with van der Waals surface area (Å²) >= 11 is 0. The Labute approximate surface area is 126 Å². The number of methoxy groups -OCH3 is 1. The molecule has 8 nitrogen and oxygen atoms in total. The highest BCUT2D eigenvalue weighted by Crippen LogP contribution is 2.28. The Kier molecular flexibility index (Phi) is 3.57. The van der Waals surface area contributed by atoms with Gasteiger partial charge in [-0.3, -0.25) is 10.1 Å². The second kappa shape index (κ2) is 5.68. The molecule has 0 aliphatic carbocycles. The number of nitrogens with one attached hydrogen (secondary N) is 2. The van der Waals surface area contributed by atoms with Crippen molar-refractivity contribution in [1.29, 1.82) is 0 Å². The molecule has 0 saturated carbocycles. The highest BCUT2D eigenvalue weighted by atomic mass is 16.5. The molecule has 0 aliphatic heterocycles. The molecule has 0 spiro atoms. The van der Waals surface area contributed by atoms with Gasteiger partial charge in [0.15, 0.2) is 5.82 Å². The largest absolute Gasteiger partial charge is 0.492 e. The van der Waals surface area contributed by atoms with Crippen LogP contribution in [0.25, 0.3) is 11.3 Å². The van der Waals surface area contributed by atoms with Gasteiger partial charge >= 0.3 is 0 Å². The molecule has 8 heteroatoms. The van der Waals surface area contributed by atoms with Crippen LogP contribution in [0.1, 0.15) is 5.69 Å². The van der Waals surface area contributed by atoms with Crippen molar-refractivity contribution in [3.8, 4) is 23.0 Å². The van der Waals surface area contributed by atoms with Crippen molar-refractivity contribution < 1.29 is 9.84 Å². The smallest absolute Gasteiger partial charge is 0.231 e. The van der Waals surface area contributed by atoms with Crippen LogP contribution in [0.15, 0.2) is 30.6 Å². The molecule has 0 saturated heterocycles. The van der Waals surface area contributed by atoms with Gasteiger partial charge in [0.1, 0.15) is 5.82 Å². The summed E-state index contributed by atoms with van der Waals surface area (Å²) in [5, 5.41) is 19.3. The molecule has 3 N–H and O–H groups in total. The van der Waals surface area contributed by atoms with Gasteiger partial charge in [0.2, 0.25) is 11.8 Å². The quantitative estimate of drug-likeness (QED) is 0.676. The van der Waals surface area contributed by atoms with Gasteiger partial charge < -0.3 is 15.2 Å². The number of aromatic hydroxyl groups is 1. The van der Waals surface area contributed by atoms with Crippen molar-refractivity contribution >= 4 is 11.6 Å². The number of hydrogen-bond acceptors (Lipinski definition) is 7. The van der Waals surface area contributed by atoms with Gasteiger partial charge in [-0.05, 0) is 19.1 Å². The zero-order valence-corrected chi connectivity index (χ0v) is 12.0. The van der Waals surface area contributed by atoms with Crippen LogP contribution in [0, 0.1) is 6.92 Å². The van der Waals surface area contributed by atoms with E-state index in [0.717, 1.165) is 11.3 Å². The van der Waals surface area contributed by atoms with Crippen LogP contribution >= 0.6 is 0 Å². The minimum Gasteiger partial charge on any atom is -0.492 e. The first-order valence-corrected chi connectivity index (χ1v) is 6.51. The molecule has 0 aromatic carbocycles. The topological polar surface area (TPSA) is 109 Å². The van der Waals surface area contributed by atoms with Gasteiger partial charge in [0.25, 0.3) is 0 Å². The van der Waals surface area contributed by atoms with Gasteiger partial charge in [-0.25, -0.2) is 4.98 Å². The summed E-state index contributed by atoms with van der Waals surface area (Å²) in [5.41, 5.74) is 2.32. The van der Waals surface area contributed by atoms with Crippen LogP contribution in [0.4, 0.5) is 11.6 Å². The molecule has 0 bridgehead atoms. The van der Waals surface area contributed by atoms with Crippen molar-refractivity contribution in [3.05, 3.63) is 36.3 Å². The first-order chi connectivity index (χ1) is 10.7. The third-order valence-electron chi connectivity index (χ3n) is 2.93. The molecule has 0 unspecified atom stereocenters. The summed E-state index contributed by atoms with van der Waals surface area (Å²) in [6.07, 6.45) is 2.75. The third-order valence-corrected chi connectivity index (χ3v) is 2.93. The Morgan fingerprint density at radius 1 is 1.23 bits per heavy atom. The van der Waals surface area contributed by atoms with Crippen LogP contribution < -0.4 is 10.1 Å². The maximum atomic E-state index is 9.30. The Bertz CT molecular complexity index is 802. The first kappa shape index (κ1) is 13.8. The normalized spacial score (nSPS) is 10.5. The van der Waals surface area contributed by atoms with Crippen LogP contribution in [-0.4, -0.2) is 37.4 Å². The van der Waals surface area contributed by atoms with Crippen LogP contribution in [0.2, 0.25) is 0 Å². The predicted molar refractivity (Wildman–Crippen MR) is 80.1 cm³/mol. The zero-order chi connectivity index (χ0) is 15.5. The number of pyridine rings is 1. The van der Waals surface area contributed by atoms with Gasteiger partial charge in [0, 0.05) is 11.8 Å². The van der Waals surface area contributed by atoms with Gasteiger partial charge in [-0.2, -0.15) is 10.1 Å². The number of rotatable bonds is 4. The average Bonchev–Trinajstić information content (AvgIpc) is 2.95. The SMILES string of the molecule is COc1nc(C)ccc1-c1cc(Nc2cncc(O)n2)[nH]n1. The zero-order valence-electron chi connectivity index (χ0n) is 12.0. The molecular weight excluding hydrogens is 284 g/mol. The molecule has 0 amide bonds. The van der Waals surface area contributed by atoms with Gasteiger partial charge in [-0.1, -0.05) is 0 Å². The fourth-order valence-corrected chi connectivity index (χ4v) is 1.96. The molecule has 112 valence electrons. The molecule has 0 radical (unpaired) electrons. The monoisotopic (exact) mass is 298 g/mol. The average molecular weight is 298 g/mol. The number of H-pyrrole nitrogens is 1. The van der Waals surface area contributed by atoms with E-state index in [1.807, 2.05) is 19.1 Å². The number of aromatic amines is 1. The maximum absolute atomic E-state index is 9.30. The van der Waals surface area contributed by atoms with E-state index in [2.05, 4.69) is 30.5 Å². The number of nitrogens with zero attached hydrogens (tertiary/aromatic N) is 4. The minimum atomic E-state index is -0.158. The molecule has 3 aromatic rings. The second-order valence-electron chi connectivity index (χ2n) is 4.56. The highest BCUT2D eigenvalue weighted by Gasteiger charge is 2.11. The number of aromatic nitrogens is 5. The Balaban J connectivity index is 1.88. The summed E-state index contributed by atoms with van der Waals surface area (Å²) in [4.78, 5) is 12.1. The second-order valence-corrected chi connectivity index (χ2v) is 4.56. The lowest BCUT2D eigenvalue weighted by Crippen LogP contribution is -1.94. The summed E-state index contributed by atoms with van der Waals surface area (Å²) in [6.45, 7) is 1.89. The first-order valence-electron chi connectivity index (χ1n) is 6.51. The van der Waals surface area contributed by atoms with Crippen LogP contribution in [0.3, 0.4) is 0 Å². The molecule has 0 atom stereocenters. The summed E-state index contributed by atoms with van der Waals surface area (Å²) in [5.74, 6) is 1.37. The number of ether oxygens (including phenoxy) is 1. The van der Waals surface area contributed by atoms with E-state index in [1.165, 1.54) is 12.4 Å². The summed E-state index contributed by atoms with van der Waals surface area (Å²) in [7, 11) is 1.57. The van der Waals surface area contributed by atoms with Gasteiger partial charge in [-0.15, -0.1) is 0 Å². The molecule has 3 aromatic heterocycles. The van der Waals surface area contributed by atoms with Crippen LogP contribution in [-0.2, 0) is 0 Å². The molecular formula is C14H14N6O2. The Hall–Kier alpha value is -3.16. The molecule has 0 fully saturated rings. The summed E-state index contributed by atoms with van der Waals surface area (Å²) < 4.78 is 5.28. The summed E-state index contributed by atoms with van der Waals surface area (Å²) in [6, 6.07) is 5.58. The van der Waals surface area contributed by atoms with E-state index >= 15 is 0 Å². The van der Waals surface area contributed by atoms with Gasteiger partial charge in [0.05, 0.1) is 30.8 Å². The van der Waals surface area contributed by atoms with Crippen molar-refractivity contribution in [2.75, 3.05) is 12.4 Å². The van der Waals surface area contributed by atoms with E-state index in [4.69, 9.17) is 4.74 Å². The minimum absolute atomic E-state index is 0.158. The lowest BCUT2D eigenvalue weighted by atomic mass is 10.2. The molecule has 3 heterocycles. The van der Waals surface area contributed by atoms with E-state index in [0.29, 0.717) is 23.2 Å². The van der Waals surface area contributed by atoms with E-state index < -0.39 is 0 Å². The fourth-order valence-electron chi connectivity index (χ4n) is 1.96. The number of hydrogen-bond donors (Lipinski definition) is 3. The van der Waals surface area contributed by atoms with Crippen molar-refractivity contribution in [3.63, 3.8) is 0 Å². The molecule has 0 aliphatic rings. The van der Waals surface area contributed by atoms with Crippen molar-refractivity contribution in [2.24, 2.45) is 0 Å². The predicted octanol–water partition coefficient (Wildman–Crippen LogP) is 2.03. The standard InChI is InChI=1S/C14H14N6O2/c1-8-3-4-9(14(16-8)22-2)10-5-11(20-19-10)17-12-6-15-7-13(21)18-12/h3-7H,1-2H3,(H3,17,18,19,20,21). The lowest BCUT2D eigenvalue weighted by molar-refractivity contribution is 0.398.